The normalized spacial score (nSPS) is 11.7. The van der Waals surface area contributed by atoms with Crippen LogP contribution in [0.2, 0.25) is 0 Å². The van der Waals surface area contributed by atoms with E-state index in [1.807, 2.05) is 7.05 Å². The molecule has 0 aromatic heterocycles. The monoisotopic (exact) mass is 348 g/mol. The highest BCUT2D eigenvalue weighted by Crippen LogP contribution is 2.18. The summed E-state index contributed by atoms with van der Waals surface area (Å²) in [6.07, 6.45) is 3.32. The number of nitrogens with zero attached hydrogens (tertiary/aromatic N) is 2. The van der Waals surface area contributed by atoms with Crippen molar-refractivity contribution in [3.05, 3.63) is 29.3 Å². The Morgan fingerprint density at radius 1 is 1.12 bits per heavy atom. The van der Waals surface area contributed by atoms with Gasteiger partial charge in [0.05, 0.1) is 7.11 Å². The van der Waals surface area contributed by atoms with Crippen LogP contribution in [0.1, 0.15) is 37.8 Å². The van der Waals surface area contributed by atoms with Gasteiger partial charge < -0.3 is 20.3 Å². The van der Waals surface area contributed by atoms with Crippen molar-refractivity contribution in [3.8, 4) is 5.75 Å². The number of aryl methyl sites for hydroxylation is 1. The number of ether oxygens (including phenoxy) is 1. The maximum Gasteiger partial charge on any atom is 0.190 e. The lowest BCUT2D eigenvalue weighted by molar-refractivity contribution is 0.297. The highest BCUT2D eigenvalue weighted by Gasteiger charge is 2.02. The number of benzene rings is 1. The van der Waals surface area contributed by atoms with Gasteiger partial charge in [-0.25, -0.2) is 0 Å². The molecule has 1 rings (SSSR count). The number of rotatable bonds is 11. The molecule has 0 atom stereocenters. The van der Waals surface area contributed by atoms with Gasteiger partial charge in [0.15, 0.2) is 5.96 Å². The van der Waals surface area contributed by atoms with E-state index in [4.69, 9.17) is 4.74 Å². The Balaban J connectivity index is 2.24. The number of hydrogen-bond donors (Lipinski definition) is 2. The molecule has 1 aromatic rings. The van der Waals surface area contributed by atoms with Crippen LogP contribution < -0.4 is 15.4 Å². The second-order valence-electron chi connectivity index (χ2n) is 6.21. The summed E-state index contributed by atoms with van der Waals surface area (Å²) in [6.45, 7) is 11.8. The molecule has 0 radical (unpaired) electrons. The SMILES string of the molecule is CCN(CC)CCCCNC(=NC)NCCc1ccc(C)c(OC)c1. The van der Waals surface area contributed by atoms with Gasteiger partial charge in [-0.2, -0.15) is 0 Å². The van der Waals surface area contributed by atoms with Crippen LogP contribution in [0.25, 0.3) is 0 Å². The summed E-state index contributed by atoms with van der Waals surface area (Å²) < 4.78 is 5.38. The fourth-order valence-electron chi connectivity index (χ4n) is 2.77. The third-order valence-electron chi connectivity index (χ3n) is 4.49. The first-order chi connectivity index (χ1) is 12.1. The van der Waals surface area contributed by atoms with Crippen LogP contribution in [0.3, 0.4) is 0 Å². The third-order valence-corrected chi connectivity index (χ3v) is 4.49. The lowest BCUT2D eigenvalue weighted by atomic mass is 10.1. The maximum atomic E-state index is 5.38. The van der Waals surface area contributed by atoms with Crippen LogP contribution in [-0.4, -0.2) is 57.7 Å². The molecule has 0 bridgehead atoms. The minimum Gasteiger partial charge on any atom is -0.496 e. The molecule has 0 amide bonds. The minimum absolute atomic E-state index is 0.853. The van der Waals surface area contributed by atoms with E-state index in [0.717, 1.165) is 50.7 Å². The molecule has 0 fully saturated rings. The first-order valence-corrected chi connectivity index (χ1v) is 9.44. The molecule has 0 saturated carbocycles. The molecule has 0 saturated heterocycles. The molecule has 0 aliphatic carbocycles. The molecule has 2 N–H and O–H groups in total. The maximum absolute atomic E-state index is 5.38. The molecule has 5 nitrogen and oxygen atoms in total. The number of aliphatic imine (C=N–C) groups is 1. The predicted octanol–water partition coefficient (Wildman–Crippen LogP) is 2.83. The van der Waals surface area contributed by atoms with E-state index in [1.165, 1.54) is 24.1 Å². The predicted molar refractivity (Wildman–Crippen MR) is 108 cm³/mol. The average molecular weight is 349 g/mol. The van der Waals surface area contributed by atoms with Crippen LogP contribution >= 0.6 is 0 Å². The van der Waals surface area contributed by atoms with Crippen molar-refractivity contribution in [3.63, 3.8) is 0 Å². The van der Waals surface area contributed by atoms with Crippen molar-refractivity contribution < 1.29 is 4.74 Å². The van der Waals surface area contributed by atoms with Gasteiger partial charge in [-0.05, 0) is 63.0 Å². The summed E-state index contributed by atoms with van der Waals surface area (Å²) in [5.74, 6) is 1.83. The summed E-state index contributed by atoms with van der Waals surface area (Å²) in [5.41, 5.74) is 2.44. The van der Waals surface area contributed by atoms with Gasteiger partial charge in [-0.15, -0.1) is 0 Å². The van der Waals surface area contributed by atoms with Crippen molar-refractivity contribution in [2.24, 2.45) is 4.99 Å². The van der Waals surface area contributed by atoms with Crippen LogP contribution in [0.15, 0.2) is 23.2 Å². The van der Waals surface area contributed by atoms with Crippen molar-refractivity contribution in [1.82, 2.24) is 15.5 Å². The summed E-state index contributed by atoms with van der Waals surface area (Å²) in [6, 6.07) is 6.38. The van der Waals surface area contributed by atoms with Crippen molar-refractivity contribution in [2.45, 2.75) is 40.0 Å². The fraction of sp³-hybridized carbons (Fsp3) is 0.650. The molecule has 142 valence electrons. The van der Waals surface area contributed by atoms with Crippen LogP contribution in [0.5, 0.6) is 5.75 Å². The van der Waals surface area contributed by atoms with Crippen molar-refractivity contribution in [1.29, 1.82) is 0 Å². The topological polar surface area (TPSA) is 48.9 Å². The summed E-state index contributed by atoms with van der Waals surface area (Å²) in [5, 5.41) is 6.77. The molecule has 5 heteroatoms. The Hall–Kier alpha value is -1.75. The number of unbranched alkanes of at least 4 members (excludes halogenated alkanes) is 1. The van der Waals surface area contributed by atoms with Crippen LogP contribution in [0, 0.1) is 6.92 Å². The van der Waals surface area contributed by atoms with E-state index in [-0.39, 0.29) is 0 Å². The molecular weight excluding hydrogens is 312 g/mol. The van der Waals surface area contributed by atoms with Gasteiger partial charge in [-0.3, -0.25) is 4.99 Å². The minimum atomic E-state index is 0.853. The zero-order chi connectivity index (χ0) is 18.5. The number of hydrogen-bond acceptors (Lipinski definition) is 3. The standard InChI is InChI=1S/C20H36N4O/c1-6-24(7-2)15-9-8-13-22-20(21-4)23-14-12-18-11-10-17(3)19(16-18)25-5/h10-11,16H,6-9,12-15H2,1-5H3,(H2,21,22,23). The molecule has 0 aliphatic heterocycles. The molecule has 0 aliphatic rings. The summed E-state index contributed by atoms with van der Waals surface area (Å²) in [7, 11) is 3.54. The quantitative estimate of drug-likeness (QED) is 0.367. The van der Waals surface area contributed by atoms with E-state index in [0.29, 0.717) is 0 Å². The lowest BCUT2D eigenvalue weighted by Crippen LogP contribution is -2.39. The third kappa shape index (κ3) is 8.25. The van der Waals surface area contributed by atoms with Gasteiger partial charge in [-0.1, -0.05) is 26.0 Å². The Kier molecular flexibility index (Phi) is 10.7. The molecule has 0 heterocycles. The average Bonchev–Trinajstić information content (AvgIpc) is 2.64. The van der Waals surface area contributed by atoms with Crippen molar-refractivity contribution >= 4 is 5.96 Å². The Labute approximate surface area is 153 Å². The summed E-state index contributed by atoms with van der Waals surface area (Å²) >= 11 is 0. The Morgan fingerprint density at radius 2 is 1.84 bits per heavy atom. The van der Waals surface area contributed by atoms with E-state index in [1.54, 1.807) is 7.11 Å². The van der Waals surface area contributed by atoms with E-state index < -0.39 is 0 Å². The van der Waals surface area contributed by atoms with Gasteiger partial charge in [0.2, 0.25) is 0 Å². The highest BCUT2D eigenvalue weighted by molar-refractivity contribution is 5.79. The van der Waals surface area contributed by atoms with E-state index in [2.05, 4.69) is 59.5 Å². The molecule has 0 unspecified atom stereocenters. The smallest absolute Gasteiger partial charge is 0.190 e. The summed E-state index contributed by atoms with van der Waals surface area (Å²) in [4.78, 5) is 6.75. The second-order valence-corrected chi connectivity index (χ2v) is 6.21. The largest absolute Gasteiger partial charge is 0.496 e. The second kappa shape index (κ2) is 12.6. The van der Waals surface area contributed by atoms with Gasteiger partial charge in [0, 0.05) is 20.1 Å². The van der Waals surface area contributed by atoms with Crippen LogP contribution in [0.4, 0.5) is 0 Å². The van der Waals surface area contributed by atoms with Crippen molar-refractivity contribution in [2.75, 3.05) is 46.9 Å². The Bertz CT molecular complexity index is 512. The Morgan fingerprint density at radius 3 is 2.48 bits per heavy atom. The zero-order valence-corrected chi connectivity index (χ0v) is 16.7. The lowest BCUT2D eigenvalue weighted by Gasteiger charge is -2.18. The molecule has 0 spiro atoms. The van der Waals surface area contributed by atoms with Crippen LogP contribution in [-0.2, 0) is 6.42 Å². The van der Waals surface area contributed by atoms with E-state index in [9.17, 15) is 0 Å². The highest BCUT2D eigenvalue weighted by atomic mass is 16.5. The van der Waals surface area contributed by atoms with Gasteiger partial charge >= 0.3 is 0 Å². The van der Waals surface area contributed by atoms with E-state index >= 15 is 0 Å². The number of nitrogens with one attached hydrogen (secondary N) is 2. The number of methoxy groups -OCH3 is 1. The molecular formula is C20H36N4O. The number of guanidine groups is 1. The first kappa shape index (κ1) is 21.3. The van der Waals surface area contributed by atoms with Gasteiger partial charge in [0.25, 0.3) is 0 Å². The first-order valence-electron chi connectivity index (χ1n) is 9.44. The molecule has 25 heavy (non-hydrogen) atoms. The molecule has 1 aromatic carbocycles. The fourth-order valence-corrected chi connectivity index (χ4v) is 2.77. The van der Waals surface area contributed by atoms with Gasteiger partial charge in [0.1, 0.15) is 5.75 Å². The zero-order valence-electron chi connectivity index (χ0n) is 16.7.